The summed E-state index contributed by atoms with van der Waals surface area (Å²) in [5.74, 6) is 2.32. The van der Waals surface area contributed by atoms with E-state index < -0.39 is 6.10 Å². The van der Waals surface area contributed by atoms with E-state index in [1.54, 1.807) is 13.2 Å². The molecule has 4 aliphatic rings. The highest BCUT2D eigenvalue weighted by Crippen LogP contribution is 2.64. The average Bonchev–Trinajstić information content (AvgIpc) is 2.91. The Kier molecular flexibility index (Phi) is 2.47. The van der Waals surface area contributed by atoms with Gasteiger partial charge in [0.25, 0.3) is 0 Å². The molecule has 5 rings (SSSR count). The topological polar surface area (TPSA) is 47.9 Å². The number of aliphatic imine (C=N–C) groups is 1. The lowest BCUT2D eigenvalue weighted by molar-refractivity contribution is -0.126. The third-order valence-electron chi connectivity index (χ3n) is 6.42. The number of hydrogen-bond acceptors (Lipinski definition) is 4. The number of nitrogens with zero attached hydrogens (tertiary/aromatic N) is 1. The van der Waals surface area contributed by atoms with Crippen LogP contribution in [0.1, 0.15) is 24.0 Å². The molecule has 1 aliphatic heterocycles. The smallest absolute Gasteiger partial charge is 0.196 e. The van der Waals surface area contributed by atoms with Crippen molar-refractivity contribution in [1.82, 2.24) is 0 Å². The number of carbonyl (C=O) groups excluding carboxylic acids is 1. The first-order chi connectivity index (χ1) is 11.2. The van der Waals surface area contributed by atoms with Gasteiger partial charge in [-0.05, 0) is 55.5 Å². The van der Waals surface area contributed by atoms with Crippen LogP contribution in [0, 0.1) is 11.8 Å². The molecule has 0 radical (unpaired) electrons. The number of methoxy groups -OCH3 is 1. The van der Waals surface area contributed by atoms with Crippen molar-refractivity contribution in [2.75, 3.05) is 7.11 Å². The van der Waals surface area contributed by atoms with Crippen molar-refractivity contribution in [1.29, 1.82) is 0 Å². The van der Waals surface area contributed by atoms with Gasteiger partial charge < -0.3 is 9.47 Å². The van der Waals surface area contributed by atoms with E-state index >= 15 is 0 Å². The number of allylic oxidation sites excluding steroid dienone is 1. The Morgan fingerprint density at radius 3 is 3.09 bits per heavy atom. The second-order valence-electron chi connectivity index (χ2n) is 7.11. The van der Waals surface area contributed by atoms with Crippen molar-refractivity contribution in [3.8, 4) is 11.5 Å². The summed E-state index contributed by atoms with van der Waals surface area (Å²) in [4.78, 5) is 17.0. The molecule has 0 N–H and O–H groups in total. The van der Waals surface area contributed by atoms with E-state index in [-0.39, 0.29) is 17.2 Å². The first kappa shape index (κ1) is 13.3. The molecular weight excluding hydrogens is 290 g/mol. The van der Waals surface area contributed by atoms with Crippen LogP contribution in [-0.2, 0) is 16.6 Å². The fraction of sp³-hybridized carbons (Fsp3) is 0.474. The molecule has 1 aromatic carbocycles. The highest BCUT2D eigenvalue weighted by atomic mass is 16.5. The van der Waals surface area contributed by atoms with Gasteiger partial charge in [-0.1, -0.05) is 12.1 Å². The van der Waals surface area contributed by atoms with Gasteiger partial charge in [0.2, 0.25) is 0 Å². The average molecular weight is 309 g/mol. The van der Waals surface area contributed by atoms with Crippen LogP contribution in [0.2, 0.25) is 0 Å². The van der Waals surface area contributed by atoms with Gasteiger partial charge in [-0.3, -0.25) is 9.79 Å². The molecule has 0 amide bonds. The van der Waals surface area contributed by atoms with Gasteiger partial charge in [0.1, 0.15) is 0 Å². The predicted molar refractivity (Wildman–Crippen MR) is 86.5 cm³/mol. The summed E-state index contributed by atoms with van der Waals surface area (Å²) in [6.45, 7) is 3.81. The molecule has 1 fully saturated rings. The lowest BCUT2D eigenvalue weighted by Crippen LogP contribution is -2.59. The molecule has 5 unspecified atom stereocenters. The van der Waals surface area contributed by atoms with Crippen LogP contribution >= 0.6 is 0 Å². The fourth-order valence-corrected chi connectivity index (χ4v) is 5.56. The van der Waals surface area contributed by atoms with Crippen molar-refractivity contribution < 1.29 is 14.3 Å². The Balaban J connectivity index is 1.82. The predicted octanol–water partition coefficient (Wildman–Crippen LogP) is 2.48. The Hall–Kier alpha value is -2.10. The SMILES string of the molecule is C=NC1CCC23c4c5ccc(OC)c4OC2C(=O)C=CC3C1C5. The monoisotopic (exact) mass is 309 g/mol. The van der Waals surface area contributed by atoms with Crippen molar-refractivity contribution in [2.45, 2.75) is 36.8 Å². The molecule has 4 heteroatoms. The minimum atomic E-state index is -0.406. The van der Waals surface area contributed by atoms with Crippen LogP contribution < -0.4 is 9.47 Å². The standard InChI is InChI=1S/C19H19NO3/c1-20-13-7-8-19-12-4-5-14(21)18(19)23-17-15(22-2)6-3-10(16(17)19)9-11(12)13/h3-6,11-13,18H,1,7-9H2,2H3. The summed E-state index contributed by atoms with van der Waals surface area (Å²) in [5.41, 5.74) is 2.29. The summed E-state index contributed by atoms with van der Waals surface area (Å²) >= 11 is 0. The normalized spacial score (nSPS) is 38.7. The zero-order valence-electron chi connectivity index (χ0n) is 13.1. The van der Waals surface area contributed by atoms with Crippen LogP contribution in [0.4, 0.5) is 0 Å². The molecule has 2 bridgehead atoms. The number of rotatable bonds is 2. The van der Waals surface area contributed by atoms with Crippen molar-refractivity contribution in [3.05, 3.63) is 35.4 Å². The van der Waals surface area contributed by atoms with E-state index in [4.69, 9.17) is 9.47 Å². The largest absolute Gasteiger partial charge is 0.493 e. The third-order valence-corrected chi connectivity index (χ3v) is 6.42. The summed E-state index contributed by atoms with van der Waals surface area (Å²) in [5, 5.41) is 0. The van der Waals surface area contributed by atoms with E-state index in [2.05, 4.69) is 23.9 Å². The molecule has 23 heavy (non-hydrogen) atoms. The van der Waals surface area contributed by atoms with Gasteiger partial charge in [0.05, 0.1) is 18.6 Å². The Morgan fingerprint density at radius 2 is 2.30 bits per heavy atom. The summed E-state index contributed by atoms with van der Waals surface area (Å²) in [7, 11) is 1.66. The van der Waals surface area contributed by atoms with Crippen LogP contribution in [0.3, 0.4) is 0 Å². The van der Waals surface area contributed by atoms with Crippen molar-refractivity contribution in [3.63, 3.8) is 0 Å². The first-order valence-electron chi connectivity index (χ1n) is 8.25. The fourth-order valence-electron chi connectivity index (χ4n) is 5.56. The van der Waals surface area contributed by atoms with Crippen LogP contribution in [0.25, 0.3) is 0 Å². The zero-order chi connectivity index (χ0) is 15.8. The van der Waals surface area contributed by atoms with E-state index in [0.29, 0.717) is 11.8 Å². The van der Waals surface area contributed by atoms with Gasteiger partial charge >= 0.3 is 0 Å². The molecule has 1 aromatic rings. The molecule has 118 valence electrons. The van der Waals surface area contributed by atoms with Gasteiger partial charge in [-0.2, -0.15) is 0 Å². The molecule has 5 atom stereocenters. The molecule has 1 saturated carbocycles. The van der Waals surface area contributed by atoms with Crippen LogP contribution in [0.5, 0.6) is 11.5 Å². The lowest BCUT2D eigenvalue weighted by atomic mass is 9.49. The second-order valence-corrected chi connectivity index (χ2v) is 7.11. The van der Waals surface area contributed by atoms with E-state index in [1.807, 2.05) is 6.07 Å². The number of ketones is 1. The van der Waals surface area contributed by atoms with Gasteiger partial charge in [-0.15, -0.1) is 0 Å². The van der Waals surface area contributed by atoms with Crippen LogP contribution in [0.15, 0.2) is 29.3 Å². The zero-order valence-corrected chi connectivity index (χ0v) is 13.1. The number of carbonyl (C=O) groups is 1. The number of ether oxygens (including phenoxy) is 2. The minimum Gasteiger partial charge on any atom is -0.493 e. The quantitative estimate of drug-likeness (QED) is 0.789. The maximum Gasteiger partial charge on any atom is 0.196 e. The summed E-state index contributed by atoms with van der Waals surface area (Å²) < 4.78 is 11.7. The van der Waals surface area contributed by atoms with Crippen molar-refractivity contribution in [2.24, 2.45) is 16.8 Å². The van der Waals surface area contributed by atoms with E-state index in [9.17, 15) is 4.79 Å². The van der Waals surface area contributed by atoms with Gasteiger partial charge in [0, 0.05) is 5.56 Å². The Bertz CT molecular complexity index is 768. The molecular formula is C19H19NO3. The van der Waals surface area contributed by atoms with Crippen LogP contribution in [-0.4, -0.2) is 31.8 Å². The molecule has 4 nitrogen and oxygen atoms in total. The van der Waals surface area contributed by atoms with E-state index in [1.165, 1.54) is 11.1 Å². The first-order valence-corrected chi connectivity index (χ1v) is 8.25. The Labute approximate surface area is 135 Å². The maximum atomic E-state index is 12.6. The third kappa shape index (κ3) is 1.38. The molecule has 1 spiro atoms. The number of hydrogen-bond donors (Lipinski definition) is 0. The molecule has 0 aromatic heterocycles. The van der Waals surface area contributed by atoms with Gasteiger partial charge in [0.15, 0.2) is 23.4 Å². The maximum absolute atomic E-state index is 12.6. The molecule has 0 saturated heterocycles. The summed E-state index contributed by atoms with van der Waals surface area (Å²) in [6, 6.07) is 4.37. The summed E-state index contributed by atoms with van der Waals surface area (Å²) in [6.07, 6.45) is 6.29. The lowest BCUT2D eigenvalue weighted by Gasteiger charge is -2.53. The van der Waals surface area contributed by atoms with Gasteiger partial charge in [-0.25, -0.2) is 0 Å². The highest BCUT2D eigenvalue weighted by molar-refractivity contribution is 5.98. The second kappa shape index (κ2) is 4.25. The van der Waals surface area contributed by atoms with E-state index in [0.717, 1.165) is 30.8 Å². The highest BCUT2D eigenvalue weighted by Gasteiger charge is 2.65. The Morgan fingerprint density at radius 1 is 1.43 bits per heavy atom. The number of benzene rings is 1. The molecule has 3 aliphatic carbocycles. The minimum absolute atomic E-state index is 0.0797. The molecule has 1 heterocycles. The van der Waals surface area contributed by atoms with Crippen molar-refractivity contribution >= 4 is 12.5 Å².